The maximum atomic E-state index is 12.6. The number of carbonyl (C=O) groups is 2. The molecular formula is C24H17NO7S. The van der Waals surface area contributed by atoms with Crippen molar-refractivity contribution in [1.82, 2.24) is 0 Å². The third-order valence-electron chi connectivity index (χ3n) is 5.07. The van der Waals surface area contributed by atoms with Crippen LogP contribution < -0.4 is 5.32 Å². The Labute approximate surface area is 188 Å². The lowest BCUT2D eigenvalue weighted by Crippen LogP contribution is -2.11. The van der Waals surface area contributed by atoms with Crippen molar-refractivity contribution in [3.8, 4) is 16.9 Å². The number of rotatable bonds is 5. The van der Waals surface area contributed by atoms with Crippen LogP contribution in [0, 0.1) is 0 Å². The molecule has 0 aliphatic heterocycles. The summed E-state index contributed by atoms with van der Waals surface area (Å²) in [5.74, 6) is -1.75. The molecule has 0 aliphatic carbocycles. The van der Waals surface area contributed by atoms with E-state index in [2.05, 4.69) is 5.32 Å². The third-order valence-corrected chi connectivity index (χ3v) is 5.91. The average Bonchev–Trinajstić information content (AvgIpc) is 2.79. The molecule has 0 heterocycles. The molecule has 0 saturated heterocycles. The Bertz CT molecular complexity index is 1490. The maximum absolute atomic E-state index is 12.6. The lowest BCUT2D eigenvalue weighted by atomic mass is 10.0. The normalized spacial score (nSPS) is 11.3. The number of anilines is 1. The third kappa shape index (κ3) is 4.69. The summed E-state index contributed by atoms with van der Waals surface area (Å²) in [6.07, 6.45) is 0. The summed E-state index contributed by atoms with van der Waals surface area (Å²) >= 11 is 0. The van der Waals surface area contributed by atoms with Gasteiger partial charge in [-0.3, -0.25) is 9.35 Å². The van der Waals surface area contributed by atoms with E-state index >= 15 is 0 Å². The van der Waals surface area contributed by atoms with E-state index in [4.69, 9.17) is 5.11 Å². The average molecular weight is 463 g/mol. The van der Waals surface area contributed by atoms with Gasteiger partial charge in [-0.05, 0) is 59.0 Å². The van der Waals surface area contributed by atoms with Gasteiger partial charge in [-0.25, -0.2) is 4.79 Å². The molecule has 0 aliphatic rings. The predicted octanol–water partition coefficient (Wildman–Crippen LogP) is 4.41. The molecular weight excluding hydrogens is 446 g/mol. The molecule has 33 heavy (non-hydrogen) atoms. The van der Waals surface area contributed by atoms with Crippen LogP contribution in [0.3, 0.4) is 0 Å². The molecule has 0 spiro atoms. The number of phenolic OH excluding ortho intramolecular Hbond substituents is 1. The molecule has 0 saturated carbocycles. The molecule has 0 atom stereocenters. The summed E-state index contributed by atoms with van der Waals surface area (Å²) in [5, 5.41) is 22.5. The van der Waals surface area contributed by atoms with Crippen LogP contribution in [0.5, 0.6) is 5.75 Å². The van der Waals surface area contributed by atoms with Crippen molar-refractivity contribution < 1.29 is 32.8 Å². The number of carboxylic acid groups (broad SMARTS) is 1. The molecule has 4 N–H and O–H groups in total. The van der Waals surface area contributed by atoms with E-state index < -0.39 is 26.9 Å². The number of carbonyl (C=O) groups excluding carboxylic acids is 1. The van der Waals surface area contributed by atoms with Crippen molar-refractivity contribution in [2.45, 2.75) is 4.90 Å². The molecule has 4 aromatic carbocycles. The van der Waals surface area contributed by atoms with Gasteiger partial charge < -0.3 is 15.5 Å². The first-order chi connectivity index (χ1) is 15.6. The second-order valence-electron chi connectivity index (χ2n) is 7.27. The number of carboxylic acids is 1. The van der Waals surface area contributed by atoms with Crippen LogP contribution >= 0.6 is 0 Å². The van der Waals surface area contributed by atoms with Gasteiger partial charge in [-0.15, -0.1) is 0 Å². The van der Waals surface area contributed by atoms with Gasteiger partial charge >= 0.3 is 5.97 Å². The molecule has 4 rings (SSSR count). The Morgan fingerprint density at radius 3 is 1.88 bits per heavy atom. The summed E-state index contributed by atoms with van der Waals surface area (Å²) in [6, 6.07) is 19.9. The van der Waals surface area contributed by atoms with Gasteiger partial charge in [-0.2, -0.15) is 8.42 Å². The number of amides is 1. The highest BCUT2D eigenvalue weighted by Gasteiger charge is 2.14. The Kier molecular flexibility index (Phi) is 5.59. The Balaban J connectivity index is 1.54. The molecule has 9 heteroatoms. The van der Waals surface area contributed by atoms with Gasteiger partial charge in [0, 0.05) is 22.7 Å². The number of benzene rings is 4. The molecule has 0 aromatic heterocycles. The molecule has 4 aromatic rings. The molecule has 1 amide bonds. The Morgan fingerprint density at radius 2 is 1.33 bits per heavy atom. The Hall–Kier alpha value is -4.21. The smallest absolute Gasteiger partial charge is 0.335 e. The fourth-order valence-electron chi connectivity index (χ4n) is 3.36. The number of aromatic carboxylic acids is 1. The van der Waals surface area contributed by atoms with Gasteiger partial charge in [0.15, 0.2) is 0 Å². The van der Waals surface area contributed by atoms with E-state index in [1.807, 2.05) is 0 Å². The summed E-state index contributed by atoms with van der Waals surface area (Å²) < 4.78 is 31.8. The maximum Gasteiger partial charge on any atom is 0.335 e. The van der Waals surface area contributed by atoms with Gasteiger partial charge in [0.2, 0.25) is 0 Å². The first kappa shape index (κ1) is 22.0. The van der Waals surface area contributed by atoms with E-state index in [0.29, 0.717) is 22.0 Å². The SMILES string of the molecule is O=C(O)c1ccc(-c2ccc(C(=O)Nc3ccc4cc(S(=O)(=O)O)cc(O)c4c3)cc2)cc1. The first-order valence-electron chi connectivity index (χ1n) is 9.61. The van der Waals surface area contributed by atoms with Crippen molar-refractivity contribution in [2.75, 3.05) is 5.32 Å². The van der Waals surface area contributed by atoms with E-state index in [1.54, 1.807) is 42.5 Å². The fraction of sp³-hybridized carbons (Fsp3) is 0. The van der Waals surface area contributed by atoms with Crippen LogP contribution in [-0.4, -0.2) is 35.1 Å². The van der Waals surface area contributed by atoms with Crippen LogP contribution in [0.1, 0.15) is 20.7 Å². The van der Waals surface area contributed by atoms with Gasteiger partial charge in [0.1, 0.15) is 5.75 Å². The zero-order valence-corrected chi connectivity index (χ0v) is 17.7. The highest BCUT2D eigenvalue weighted by atomic mass is 32.2. The number of fused-ring (bicyclic) bond motifs is 1. The number of phenols is 1. The van der Waals surface area contributed by atoms with Gasteiger partial charge in [-0.1, -0.05) is 30.3 Å². The zero-order valence-electron chi connectivity index (χ0n) is 16.9. The van der Waals surface area contributed by atoms with Crippen LogP contribution in [0.25, 0.3) is 21.9 Å². The quantitative estimate of drug-likeness (QED) is 0.321. The number of nitrogens with one attached hydrogen (secondary N) is 1. The van der Waals surface area contributed by atoms with E-state index in [1.165, 1.54) is 30.3 Å². The summed E-state index contributed by atoms with van der Waals surface area (Å²) in [7, 11) is -4.47. The molecule has 8 nitrogen and oxygen atoms in total. The van der Waals surface area contributed by atoms with Crippen molar-refractivity contribution in [1.29, 1.82) is 0 Å². The molecule has 0 bridgehead atoms. The second kappa shape index (κ2) is 8.38. The minimum atomic E-state index is -4.47. The minimum absolute atomic E-state index is 0.186. The zero-order chi connectivity index (χ0) is 23.8. The highest BCUT2D eigenvalue weighted by Crippen LogP contribution is 2.31. The molecule has 166 valence electrons. The van der Waals surface area contributed by atoms with Crippen LogP contribution in [0.4, 0.5) is 5.69 Å². The Morgan fingerprint density at radius 1 is 0.758 bits per heavy atom. The van der Waals surface area contributed by atoms with E-state index in [-0.39, 0.29) is 11.3 Å². The lowest BCUT2D eigenvalue weighted by Gasteiger charge is -2.09. The van der Waals surface area contributed by atoms with Crippen LogP contribution in [0.2, 0.25) is 0 Å². The summed E-state index contributed by atoms with van der Waals surface area (Å²) in [6.45, 7) is 0. The van der Waals surface area contributed by atoms with Crippen molar-refractivity contribution >= 4 is 38.5 Å². The van der Waals surface area contributed by atoms with Crippen molar-refractivity contribution in [3.05, 3.63) is 90.0 Å². The largest absolute Gasteiger partial charge is 0.507 e. The lowest BCUT2D eigenvalue weighted by molar-refractivity contribution is 0.0696. The molecule has 0 fully saturated rings. The standard InChI is InChI=1S/C24H17NO7S/c26-22-13-20(33(30,31)32)11-18-9-10-19(12-21(18)22)25-23(27)16-5-1-14(2-6-16)15-3-7-17(8-4-15)24(28)29/h1-13,26H,(H,25,27)(H,28,29)(H,30,31,32). The molecule has 0 radical (unpaired) electrons. The fourth-order valence-corrected chi connectivity index (χ4v) is 3.90. The number of hydrogen-bond donors (Lipinski definition) is 4. The van der Waals surface area contributed by atoms with Crippen molar-refractivity contribution in [2.24, 2.45) is 0 Å². The number of aromatic hydroxyl groups is 1. The summed E-state index contributed by atoms with van der Waals surface area (Å²) in [4.78, 5) is 23.2. The minimum Gasteiger partial charge on any atom is -0.507 e. The van der Waals surface area contributed by atoms with Crippen LogP contribution in [-0.2, 0) is 10.1 Å². The summed E-state index contributed by atoms with van der Waals surface area (Å²) in [5.41, 5.74) is 2.57. The predicted molar refractivity (Wildman–Crippen MR) is 122 cm³/mol. The van der Waals surface area contributed by atoms with Crippen LogP contribution in [0.15, 0.2) is 83.8 Å². The first-order valence-corrected chi connectivity index (χ1v) is 11.1. The van der Waals surface area contributed by atoms with Gasteiger partial charge in [0.25, 0.3) is 16.0 Å². The number of hydrogen-bond acceptors (Lipinski definition) is 5. The molecule has 0 unspecified atom stereocenters. The monoisotopic (exact) mass is 463 g/mol. The topological polar surface area (TPSA) is 141 Å². The van der Waals surface area contributed by atoms with E-state index in [0.717, 1.165) is 17.2 Å². The van der Waals surface area contributed by atoms with E-state index in [9.17, 15) is 27.7 Å². The highest BCUT2D eigenvalue weighted by molar-refractivity contribution is 7.85. The van der Waals surface area contributed by atoms with Crippen molar-refractivity contribution in [3.63, 3.8) is 0 Å². The van der Waals surface area contributed by atoms with Gasteiger partial charge in [0.05, 0.1) is 10.5 Å². The second-order valence-corrected chi connectivity index (χ2v) is 8.69.